The van der Waals surface area contributed by atoms with Crippen LogP contribution in [-0.4, -0.2) is 54.0 Å². The van der Waals surface area contributed by atoms with Gasteiger partial charge in [-0.25, -0.2) is 0 Å². The zero-order valence-electron chi connectivity index (χ0n) is 25.8. The maximum atomic E-state index is 11.2. The minimum Gasteiger partial charge on any atom is -0.483 e. The number of hydrogen-bond acceptors (Lipinski definition) is 5. The number of halogens is 1. The summed E-state index contributed by atoms with van der Waals surface area (Å²) in [5.74, 6) is 0. The van der Waals surface area contributed by atoms with Crippen molar-refractivity contribution in [3.63, 3.8) is 0 Å². The molecule has 7 nitrogen and oxygen atoms in total. The molecule has 8 heteroatoms. The Morgan fingerprint density at radius 3 is 1.69 bits per heavy atom. The molecule has 0 aliphatic heterocycles. The van der Waals surface area contributed by atoms with Crippen LogP contribution >= 0.6 is 11.6 Å². The molecule has 0 atom stereocenters. The highest BCUT2D eigenvalue weighted by Gasteiger charge is 2.15. The van der Waals surface area contributed by atoms with E-state index < -0.39 is 5.60 Å². The normalized spacial score (nSPS) is 11.4. The van der Waals surface area contributed by atoms with E-state index in [1.807, 2.05) is 59.0 Å². The molecule has 1 aromatic carbocycles. The van der Waals surface area contributed by atoms with E-state index in [1.54, 1.807) is 32.7 Å². The lowest BCUT2D eigenvalue weighted by atomic mass is 9.90. The third-order valence-corrected chi connectivity index (χ3v) is 5.12. The molecule has 0 spiro atoms. The first-order valence-corrected chi connectivity index (χ1v) is 13.0. The standard InChI is InChI=1S/C17H23ClN2O.C7H14O.C4H10O.C2H2.CH2O2/c1-6-16(20(5)11-21)17(12(2)13(3)19-4)14-7-9-15(18)10-8-14;1-4-5-7(2,3)6-8;1-4(2,3)5;1-2;2-1-3/h7-11,19H,6H2,1-5H3;6H,4-5H2,1-3H3;5H,1-3H3;1-2H;1H,(H,2,3)/b13-12+,17-16+;;;;. The van der Waals surface area contributed by atoms with Crippen LogP contribution < -0.4 is 5.32 Å². The molecule has 0 saturated carbocycles. The Balaban J connectivity index is -0.000000279. The largest absolute Gasteiger partial charge is 0.483 e. The number of allylic oxidation sites excluding steroid dienone is 4. The molecule has 3 N–H and O–H groups in total. The molecule has 222 valence electrons. The molecule has 39 heavy (non-hydrogen) atoms. The molecule has 0 unspecified atom stereocenters. The molecule has 0 aliphatic carbocycles. The van der Waals surface area contributed by atoms with Gasteiger partial charge in [-0.3, -0.25) is 9.59 Å². The Morgan fingerprint density at radius 2 is 1.44 bits per heavy atom. The minimum absolute atomic E-state index is 0.0885. The number of aldehydes is 1. The maximum Gasteiger partial charge on any atom is 0.290 e. The van der Waals surface area contributed by atoms with Crippen LogP contribution in [0.4, 0.5) is 0 Å². The predicted octanol–water partition coefficient (Wildman–Crippen LogP) is 6.80. The summed E-state index contributed by atoms with van der Waals surface area (Å²) in [6.45, 7) is 17.1. The number of amides is 1. The topological polar surface area (TPSA) is 107 Å². The highest BCUT2D eigenvalue weighted by molar-refractivity contribution is 6.30. The summed E-state index contributed by atoms with van der Waals surface area (Å²) in [6, 6.07) is 7.71. The Kier molecular flexibility index (Phi) is 26.4. The molecule has 0 bridgehead atoms. The van der Waals surface area contributed by atoms with Gasteiger partial charge < -0.3 is 25.2 Å². The van der Waals surface area contributed by atoms with Crippen LogP contribution in [-0.2, 0) is 14.4 Å². The molecule has 0 aliphatic rings. The fourth-order valence-electron chi connectivity index (χ4n) is 2.96. The Morgan fingerprint density at radius 1 is 1.03 bits per heavy atom. The van der Waals surface area contributed by atoms with Gasteiger partial charge in [0.15, 0.2) is 0 Å². The lowest BCUT2D eigenvalue weighted by molar-refractivity contribution is -0.123. The van der Waals surface area contributed by atoms with Crippen molar-refractivity contribution in [1.82, 2.24) is 10.2 Å². The molecule has 1 amide bonds. The average Bonchev–Trinajstić information content (AvgIpc) is 2.87. The summed E-state index contributed by atoms with van der Waals surface area (Å²) in [6.07, 6.45) is 12.7. The van der Waals surface area contributed by atoms with Crippen molar-refractivity contribution in [3.8, 4) is 12.8 Å². The first-order valence-electron chi connectivity index (χ1n) is 12.6. The van der Waals surface area contributed by atoms with Crippen molar-refractivity contribution in [3.05, 3.63) is 51.8 Å². The molecule has 0 fully saturated rings. The van der Waals surface area contributed by atoms with Crippen LogP contribution in [0.1, 0.15) is 87.1 Å². The molecule has 1 aromatic rings. The number of carbonyl (C=O) groups is 3. The van der Waals surface area contributed by atoms with Gasteiger partial charge in [-0.2, -0.15) is 0 Å². The smallest absolute Gasteiger partial charge is 0.290 e. The lowest BCUT2D eigenvalue weighted by Crippen LogP contribution is -2.18. The first-order chi connectivity index (χ1) is 18.0. The van der Waals surface area contributed by atoms with E-state index in [1.165, 1.54) is 0 Å². The van der Waals surface area contributed by atoms with Crippen molar-refractivity contribution in [1.29, 1.82) is 0 Å². The van der Waals surface area contributed by atoms with Gasteiger partial charge in [0.2, 0.25) is 6.41 Å². The van der Waals surface area contributed by atoms with Gasteiger partial charge in [0.05, 0.1) is 5.60 Å². The summed E-state index contributed by atoms with van der Waals surface area (Å²) in [5, 5.41) is 19.3. The number of rotatable bonds is 9. The Labute approximate surface area is 242 Å². The molecule has 0 aromatic heterocycles. The molecule has 0 heterocycles. The lowest BCUT2D eigenvalue weighted by Gasteiger charge is -2.22. The summed E-state index contributed by atoms with van der Waals surface area (Å²) in [7, 11) is 3.68. The maximum absolute atomic E-state index is 11.2. The van der Waals surface area contributed by atoms with Crippen LogP contribution in [0.2, 0.25) is 5.02 Å². The molecule has 0 saturated heterocycles. The van der Waals surface area contributed by atoms with Gasteiger partial charge in [0, 0.05) is 41.5 Å². The fourth-order valence-corrected chi connectivity index (χ4v) is 3.09. The molecule has 1 rings (SSSR count). The quantitative estimate of drug-likeness (QED) is 0.172. The summed E-state index contributed by atoms with van der Waals surface area (Å²) >= 11 is 5.98. The number of carbonyl (C=O) groups excluding carboxylic acids is 2. The minimum atomic E-state index is -0.500. The second-order valence-corrected chi connectivity index (χ2v) is 10.5. The number of terminal acetylenes is 1. The van der Waals surface area contributed by atoms with Gasteiger partial charge in [-0.05, 0) is 70.7 Å². The van der Waals surface area contributed by atoms with E-state index in [9.17, 15) is 9.59 Å². The van der Waals surface area contributed by atoms with Crippen molar-refractivity contribution in [2.45, 2.75) is 87.2 Å². The van der Waals surface area contributed by atoms with Gasteiger partial charge in [-0.1, -0.05) is 57.8 Å². The average molecular weight is 567 g/mol. The van der Waals surface area contributed by atoms with E-state index in [0.717, 1.165) is 60.1 Å². The highest BCUT2D eigenvalue weighted by Crippen LogP contribution is 2.31. The zero-order valence-corrected chi connectivity index (χ0v) is 26.5. The zero-order chi connectivity index (χ0) is 31.8. The number of benzene rings is 1. The first kappa shape index (κ1) is 43.0. The second kappa shape index (κ2) is 24.0. The molecular formula is C31H51ClN2O5. The monoisotopic (exact) mass is 566 g/mol. The van der Waals surface area contributed by atoms with Gasteiger partial charge in [0.25, 0.3) is 6.47 Å². The fraction of sp³-hybridized carbons (Fsp3) is 0.516. The van der Waals surface area contributed by atoms with E-state index in [4.69, 9.17) is 26.6 Å². The second-order valence-electron chi connectivity index (χ2n) is 10.0. The molecular weight excluding hydrogens is 516 g/mol. The van der Waals surface area contributed by atoms with E-state index in [-0.39, 0.29) is 11.9 Å². The Bertz CT molecular complexity index is 890. The predicted molar refractivity (Wildman–Crippen MR) is 165 cm³/mol. The summed E-state index contributed by atoms with van der Waals surface area (Å²) in [4.78, 5) is 31.4. The third kappa shape index (κ3) is 23.7. The van der Waals surface area contributed by atoms with Crippen LogP contribution in [0.5, 0.6) is 0 Å². The van der Waals surface area contributed by atoms with E-state index in [0.29, 0.717) is 5.02 Å². The van der Waals surface area contributed by atoms with E-state index in [2.05, 4.69) is 32.0 Å². The van der Waals surface area contributed by atoms with Crippen molar-refractivity contribution < 1.29 is 24.6 Å². The Hall–Kier alpha value is -3.08. The van der Waals surface area contributed by atoms with Gasteiger partial charge in [0.1, 0.15) is 6.29 Å². The van der Waals surface area contributed by atoms with Crippen LogP contribution in [0.3, 0.4) is 0 Å². The van der Waals surface area contributed by atoms with Crippen molar-refractivity contribution in [2.24, 2.45) is 5.41 Å². The number of nitrogens with one attached hydrogen (secondary N) is 1. The molecule has 0 radical (unpaired) electrons. The van der Waals surface area contributed by atoms with Crippen LogP contribution in [0.25, 0.3) is 5.57 Å². The van der Waals surface area contributed by atoms with Crippen LogP contribution in [0.15, 0.2) is 41.2 Å². The highest BCUT2D eigenvalue weighted by atomic mass is 35.5. The van der Waals surface area contributed by atoms with Gasteiger partial charge in [-0.15, -0.1) is 12.8 Å². The summed E-state index contributed by atoms with van der Waals surface area (Å²) in [5.41, 5.74) is 4.71. The SMILES string of the molecule is C#C.CC(C)(C)O.CC/C(=C(/C(C)=C(\C)NC)c1ccc(Cl)cc1)N(C)C=O.CCCC(C)(C)C=O.O=CO. The number of carboxylic acid groups (broad SMARTS) is 1. The van der Waals surface area contributed by atoms with Crippen molar-refractivity contribution >= 4 is 36.3 Å². The number of hydrogen-bond donors (Lipinski definition) is 3. The van der Waals surface area contributed by atoms with Crippen molar-refractivity contribution in [2.75, 3.05) is 14.1 Å². The van der Waals surface area contributed by atoms with Gasteiger partial charge >= 0.3 is 0 Å². The van der Waals surface area contributed by atoms with Crippen LogP contribution in [0, 0.1) is 18.3 Å². The summed E-state index contributed by atoms with van der Waals surface area (Å²) < 4.78 is 0. The van der Waals surface area contributed by atoms with E-state index >= 15 is 0 Å². The number of aliphatic hydroxyl groups is 1. The third-order valence-electron chi connectivity index (χ3n) is 4.87. The number of nitrogens with zero attached hydrogens (tertiary/aromatic N) is 1.